The third-order valence-electron chi connectivity index (χ3n) is 4.28. The molecule has 0 aliphatic heterocycles. The second-order valence-electron chi connectivity index (χ2n) is 6.75. The number of nitrogens with zero attached hydrogens (tertiary/aromatic N) is 1. The standard InChI is InChI=1S/C23H18FN3O7/c24-19-11-8-16(12-20(19)27(31)32)26-21(28)14-33-22(29)13-25-23(30)15-6-9-18(10-7-15)34-17-4-2-1-3-5-17/h1-12H,13-14H2,(H,25,30)(H,26,28). The summed E-state index contributed by atoms with van der Waals surface area (Å²) in [5.41, 5.74) is -0.567. The normalized spacial score (nSPS) is 10.1. The van der Waals surface area contributed by atoms with E-state index in [2.05, 4.69) is 10.6 Å². The summed E-state index contributed by atoms with van der Waals surface area (Å²) < 4.78 is 23.7. The lowest BCUT2D eigenvalue weighted by Crippen LogP contribution is -2.32. The Bertz CT molecular complexity index is 1200. The van der Waals surface area contributed by atoms with Crippen molar-refractivity contribution in [3.8, 4) is 11.5 Å². The first kappa shape index (κ1) is 23.9. The monoisotopic (exact) mass is 467 g/mol. The number of amides is 2. The Kier molecular flexibility index (Phi) is 7.84. The highest BCUT2D eigenvalue weighted by Gasteiger charge is 2.16. The first-order chi connectivity index (χ1) is 16.3. The summed E-state index contributed by atoms with van der Waals surface area (Å²) in [6.45, 7) is -1.19. The van der Waals surface area contributed by atoms with Crippen molar-refractivity contribution < 1.29 is 33.2 Å². The zero-order valence-electron chi connectivity index (χ0n) is 17.5. The number of carbonyl (C=O) groups is 3. The summed E-state index contributed by atoms with van der Waals surface area (Å²) in [6, 6.07) is 18.1. The predicted molar refractivity (Wildman–Crippen MR) is 118 cm³/mol. The molecule has 34 heavy (non-hydrogen) atoms. The molecule has 2 N–H and O–H groups in total. The number of esters is 1. The average Bonchev–Trinajstić information content (AvgIpc) is 2.83. The number of nitro groups is 1. The molecule has 0 spiro atoms. The number of hydrogen-bond donors (Lipinski definition) is 2. The van der Waals surface area contributed by atoms with Gasteiger partial charge in [0.05, 0.1) is 4.92 Å². The number of rotatable bonds is 9. The van der Waals surface area contributed by atoms with E-state index < -0.39 is 47.4 Å². The largest absolute Gasteiger partial charge is 0.457 e. The lowest BCUT2D eigenvalue weighted by Gasteiger charge is -2.09. The molecule has 0 atom stereocenters. The van der Waals surface area contributed by atoms with E-state index in [9.17, 15) is 28.9 Å². The summed E-state index contributed by atoms with van der Waals surface area (Å²) in [7, 11) is 0. The van der Waals surface area contributed by atoms with Gasteiger partial charge in [-0.1, -0.05) is 18.2 Å². The number of hydrogen-bond acceptors (Lipinski definition) is 7. The van der Waals surface area contributed by atoms with Crippen LogP contribution in [0, 0.1) is 15.9 Å². The van der Waals surface area contributed by atoms with Crippen LogP contribution in [0.3, 0.4) is 0 Å². The van der Waals surface area contributed by atoms with Crippen LogP contribution in [0.25, 0.3) is 0 Å². The first-order valence-corrected chi connectivity index (χ1v) is 9.82. The number of para-hydroxylation sites is 1. The Balaban J connectivity index is 1.42. The highest BCUT2D eigenvalue weighted by atomic mass is 19.1. The number of carbonyl (C=O) groups excluding carboxylic acids is 3. The molecule has 174 valence electrons. The summed E-state index contributed by atoms with van der Waals surface area (Å²) in [5, 5.41) is 15.3. The smallest absolute Gasteiger partial charge is 0.325 e. The van der Waals surface area contributed by atoms with Crippen LogP contribution in [0.1, 0.15) is 10.4 Å². The average molecular weight is 467 g/mol. The van der Waals surface area contributed by atoms with Crippen molar-refractivity contribution in [2.45, 2.75) is 0 Å². The molecular weight excluding hydrogens is 449 g/mol. The van der Waals surface area contributed by atoms with E-state index in [0.717, 1.165) is 18.2 Å². The summed E-state index contributed by atoms with van der Waals surface area (Å²) in [6.07, 6.45) is 0. The van der Waals surface area contributed by atoms with E-state index in [1.807, 2.05) is 18.2 Å². The van der Waals surface area contributed by atoms with Crippen LogP contribution >= 0.6 is 0 Å². The Labute approximate surface area is 192 Å². The van der Waals surface area contributed by atoms with Gasteiger partial charge in [-0.05, 0) is 48.5 Å². The van der Waals surface area contributed by atoms with Gasteiger partial charge in [-0.3, -0.25) is 24.5 Å². The molecule has 0 saturated heterocycles. The minimum absolute atomic E-state index is 0.0397. The Morgan fingerprint density at radius 1 is 0.941 bits per heavy atom. The lowest BCUT2D eigenvalue weighted by molar-refractivity contribution is -0.387. The van der Waals surface area contributed by atoms with Crippen molar-refractivity contribution in [3.05, 3.63) is 94.3 Å². The maximum atomic E-state index is 13.3. The zero-order chi connectivity index (χ0) is 24.5. The van der Waals surface area contributed by atoms with Gasteiger partial charge in [0.1, 0.15) is 18.0 Å². The third-order valence-corrected chi connectivity index (χ3v) is 4.28. The molecule has 11 heteroatoms. The van der Waals surface area contributed by atoms with Crippen LogP contribution < -0.4 is 15.4 Å². The molecule has 10 nitrogen and oxygen atoms in total. The molecular formula is C23H18FN3O7. The molecule has 0 aliphatic carbocycles. The molecule has 3 aromatic rings. The lowest BCUT2D eigenvalue weighted by atomic mass is 10.2. The van der Waals surface area contributed by atoms with Crippen molar-refractivity contribution in [3.63, 3.8) is 0 Å². The number of benzene rings is 3. The van der Waals surface area contributed by atoms with Crippen LogP contribution in [0.15, 0.2) is 72.8 Å². The molecule has 0 radical (unpaired) electrons. The molecule has 0 fully saturated rings. The van der Waals surface area contributed by atoms with Crippen LogP contribution in [0.2, 0.25) is 0 Å². The molecule has 0 unspecified atom stereocenters. The van der Waals surface area contributed by atoms with E-state index in [1.165, 1.54) is 12.1 Å². The fourth-order valence-electron chi connectivity index (χ4n) is 2.68. The van der Waals surface area contributed by atoms with Gasteiger partial charge < -0.3 is 20.1 Å². The molecule has 3 rings (SSSR count). The maximum absolute atomic E-state index is 13.3. The Morgan fingerprint density at radius 2 is 1.62 bits per heavy atom. The molecule has 0 heterocycles. The number of nitro benzene ring substituents is 1. The zero-order valence-corrected chi connectivity index (χ0v) is 17.5. The van der Waals surface area contributed by atoms with Crippen molar-refractivity contribution in [2.24, 2.45) is 0 Å². The Morgan fingerprint density at radius 3 is 2.29 bits per heavy atom. The quantitative estimate of drug-likeness (QED) is 0.279. The fourth-order valence-corrected chi connectivity index (χ4v) is 2.68. The van der Waals surface area contributed by atoms with E-state index in [0.29, 0.717) is 11.5 Å². The van der Waals surface area contributed by atoms with E-state index >= 15 is 0 Å². The predicted octanol–water partition coefficient (Wildman–Crippen LogP) is 3.44. The molecule has 3 aromatic carbocycles. The van der Waals surface area contributed by atoms with Crippen LogP contribution in [0.5, 0.6) is 11.5 Å². The SMILES string of the molecule is O=C(COC(=O)CNC(=O)c1ccc(Oc2ccccc2)cc1)Nc1ccc(F)c([N+](=O)[O-])c1. The van der Waals surface area contributed by atoms with Gasteiger partial charge in [0, 0.05) is 17.3 Å². The molecule has 0 saturated carbocycles. The van der Waals surface area contributed by atoms with Gasteiger partial charge >= 0.3 is 11.7 Å². The number of anilines is 1. The van der Waals surface area contributed by atoms with Gasteiger partial charge in [-0.2, -0.15) is 4.39 Å². The van der Waals surface area contributed by atoms with Gasteiger partial charge in [0.25, 0.3) is 11.8 Å². The second kappa shape index (κ2) is 11.2. The van der Waals surface area contributed by atoms with Crippen molar-refractivity contribution in [2.75, 3.05) is 18.5 Å². The summed E-state index contributed by atoms with van der Waals surface area (Å²) >= 11 is 0. The molecule has 0 aromatic heterocycles. The highest BCUT2D eigenvalue weighted by molar-refractivity contribution is 5.96. The van der Waals surface area contributed by atoms with Crippen molar-refractivity contribution in [1.29, 1.82) is 0 Å². The van der Waals surface area contributed by atoms with Crippen LogP contribution in [-0.4, -0.2) is 35.9 Å². The van der Waals surface area contributed by atoms with Gasteiger partial charge in [-0.15, -0.1) is 0 Å². The van der Waals surface area contributed by atoms with Crippen LogP contribution in [-0.2, 0) is 14.3 Å². The molecule has 0 aliphatic rings. The van der Waals surface area contributed by atoms with Crippen molar-refractivity contribution >= 4 is 29.2 Å². The number of halogens is 1. The van der Waals surface area contributed by atoms with Crippen molar-refractivity contribution in [1.82, 2.24) is 5.32 Å². The number of nitrogens with one attached hydrogen (secondary N) is 2. The second-order valence-corrected chi connectivity index (χ2v) is 6.75. The maximum Gasteiger partial charge on any atom is 0.325 e. The summed E-state index contributed by atoms with van der Waals surface area (Å²) in [5.74, 6) is -2.09. The minimum Gasteiger partial charge on any atom is -0.457 e. The topological polar surface area (TPSA) is 137 Å². The first-order valence-electron chi connectivity index (χ1n) is 9.82. The van der Waals surface area contributed by atoms with Gasteiger partial charge in [0.15, 0.2) is 6.61 Å². The van der Waals surface area contributed by atoms with Gasteiger partial charge in [0.2, 0.25) is 5.82 Å². The summed E-state index contributed by atoms with van der Waals surface area (Å²) in [4.78, 5) is 45.7. The van der Waals surface area contributed by atoms with Crippen LogP contribution in [0.4, 0.5) is 15.8 Å². The van der Waals surface area contributed by atoms with E-state index in [4.69, 9.17) is 9.47 Å². The van der Waals surface area contributed by atoms with E-state index in [1.54, 1.807) is 24.3 Å². The molecule has 2 amide bonds. The highest BCUT2D eigenvalue weighted by Crippen LogP contribution is 2.22. The van der Waals surface area contributed by atoms with Gasteiger partial charge in [-0.25, -0.2) is 0 Å². The Hall–Kier alpha value is -4.80. The molecule has 0 bridgehead atoms. The minimum atomic E-state index is -1.05. The number of ether oxygens (including phenoxy) is 2. The fraction of sp³-hybridized carbons (Fsp3) is 0.0870. The van der Waals surface area contributed by atoms with E-state index in [-0.39, 0.29) is 11.3 Å². The third kappa shape index (κ3) is 6.85.